The third-order valence-corrected chi connectivity index (χ3v) is 9.09. The summed E-state index contributed by atoms with van der Waals surface area (Å²) in [5.74, 6) is 7.86. The van der Waals surface area contributed by atoms with Crippen LogP contribution in [-0.4, -0.2) is 31.5 Å². The summed E-state index contributed by atoms with van der Waals surface area (Å²) in [5, 5.41) is 7.55. The largest absolute Gasteiger partial charge is 0.356 e. The van der Waals surface area contributed by atoms with Crippen LogP contribution in [0.5, 0.6) is 0 Å². The van der Waals surface area contributed by atoms with Crippen molar-refractivity contribution in [2.75, 3.05) is 19.6 Å². The van der Waals surface area contributed by atoms with Crippen LogP contribution in [0.1, 0.15) is 40.0 Å². The van der Waals surface area contributed by atoms with E-state index in [1.54, 1.807) is 6.42 Å². The SMILES string of the molecule is CC(C)=CCC/C(C)=C/CNCCN[C@]12O[C@@H]3[C@@H]4[C@H]5[C@H]6C[C@@H]([C@@H]5[C@@H]41)[C@@H]2[C@H]63. The van der Waals surface area contributed by atoms with Gasteiger partial charge in [0.05, 0.1) is 6.10 Å². The van der Waals surface area contributed by atoms with E-state index in [1.807, 2.05) is 0 Å². The van der Waals surface area contributed by atoms with Crippen LogP contribution in [0.15, 0.2) is 23.3 Å². The molecule has 0 aromatic carbocycles. The van der Waals surface area contributed by atoms with E-state index >= 15 is 0 Å². The van der Waals surface area contributed by atoms with E-state index in [2.05, 4.69) is 43.6 Å². The normalized spacial score (nSPS) is 53.2. The molecular formula is C23H34N2O. The molecule has 2 aliphatic heterocycles. The van der Waals surface area contributed by atoms with Crippen molar-refractivity contribution in [1.29, 1.82) is 0 Å². The molecule has 0 radical (unpaired) electrons. The molecule has 142 valence electrons. The van der Waals surface area contributed by atoms with E-state index in [-0.39, 0.29) is 5.72 Å². The summed E-state index contributed by atoms with van der Waals surface area (Å²) < 4.78 is 6.71. The van der Waals surface area contributed by atoms with Crippen LogP contribution in [0, 0.1) is 47.3 Å². The fourth-order valence-electron chi connectivity index (χ4n) is 8.68. The van der Waals surface area contributed by atoms with E-state index in [1.165, 1.54) is 24.0 Å². The van der Waals surface area contributed by atoms with Gasteiger partial charge in [0.2, 0.25) is 0 Å². The minimum absolute atomic E-state index is 0.106. The van der Waals surface area contributed by atoms with Gasteiger partial charge in [0.1, 0.15) is 5.72 Å². The molecule has 10 atom stereocenters. The molecule has 7 aliphatic rings. The molecule has 7 rings (SSSR count). The molecule has 0 aromatic rings. The van der Waals surface area contributed by atoms with Gasteiger partial charge in [-0.1, -0.05) is 23.3 Å². The first kappa shape index (κ1) is 16.3. The third kappa shape index (κ3) is 1.81. The van der Waals surface area contributed by atoms with Crippen LogP contribution in [0.3, 0.4) is 0 Å². The van der Waals surface area contributed by atoms with Gasteiger partial charge >= 0.3 is 0 Å². The minimum Gasteiger partial charge on any atom is -0.356 e. The third-order valence-electron chi connectivity index (χ3n) is 9.09. The number of nitrogens with one attached hydrogen (secondary N) is 2. The molecule has 2 saturated heterocycles. The first-order valence-electron chi connectivity index (χ1n) is 11.1. The molecule has 0 unspecified atom stereocenters. The minimum atomic E-state index is 0.106. The molecule has 0 aromatic heterocycles. The molecule has 26 heavy (non-hydrogen) atoms. The quantitative estimate of drug-likeness (QED) is 0.492. The Kier molecular flexibility index (Phi) is 3.43. The molecule has 2 N–H and O–H groups in total. The van der Waals surface area contributed by atoms with E-state index in [0.717, 1.165) is 67.0 Å². The maximum atomic E-state index is 6.71. The Labute approximate surface area is 158 Å². The van der Waals surface area contributed by atoms with Crippen LogP contribution in [0.4, 0.5) is 0 Å². The highest BCUT2D eigenvalue weighted by molar-refractivity contribution is 5.38. The average molecular weight is 355 g/mol. The van der Waals surface area contributed by atoms with E-state index in [4.69, 9.17) is 4.74 Å². The molecule has 5 aliphatic carbocycles. The Hall–Kier alpha value is -0.640. The summed E-state index contributed by atoms with van der Waals surface area (Å²) in [5.41, 5.74) is 3.03. The van der Waals surface area contributed by atoms with Crippen molar-refractivity contribution in [3.05, 3.63) is 23.3 Å². The van der Waals surface area contributed by atoms with E-state index < -0.39 is 0 Å². The van der Waals surface area contributed by atoms with Crippen LogP contribution in [-0.2, 0) is 4.74 Å². The number of allylic oxidation sites excluding steroid dienone is 3. The van der Waals surface area contributed by atoms with Gasteiger partial charge in [0.15, 0.2) is 0 Å². The highest BCUT2D eigenvalue weighted by Crippen LogP contribution is 2.89. The fraction of sp³-hybridized carbons (Fsp3) is 0.826. The highest BCUT2D eigenvalue weighted by atomic mass is 16.5. The summed E-state index contributed by atoms with van der Waals surface area (Å²) in [6.07, 6.45) is 9.24. The fourth-order valence-corrected chi connectivity index (χ4v) is 8.68. The van der Waals surface area contributed by atoms with Crippen LogP contribution >= 0.6 is 0 Å². The second-order valence-corrected chi connectivity index (χ2v) is 10.3. The Balaban J connectivity index is 0.979. The Morgan fingerprint density at radius 2 is 1.88 bits per heavy atom. The lowest BCUT2D eigenvalue weighted by Crippen LogP contribution is -2.57. The van der Waals surface area contributed by atoms with Crippen molar-refractivity contribution >= 4 is 0 Å². The summed E-state index contributed by atoms with van der Waals surface area (Å²) in [4.78, 5) is 0. The number of hydrogen-bond donors (Lipinski definition) is 2. The Morgan fingerprint density at radius 1 is 1.00 bits per heavy atom. The zero-order valence-electron chi connectivity index (χ0n) is 16.5. The van der Waals surface area contributed by atoms with Crippen molar-refractivity contribution in [2.45, 2.75) is 51.9 Å². The maximum absolute atomic E-state index is 6.71. The van der Waals surface area contributed by atoms with Gasteiger partial charge in [-0.25, -0.2) is 0 Å². The van der Waals surface area contributed by atoms with Crippen LogP contribution in [0.2, 0.25) is 0 Å². The second-order valence-electron chi connectivity index (χ2n) is 10.3. The van der Waals surface area contributed by atoms with Crippen molar-refractivity contribution in [1.82, 2.24) is 10.6 Å². The Morgan fingerprint density at radius 3 is 2.73 bits per heavy atom. The molecule has 5 saturated carbocycles. The smallest absolute Gasteiger partial charge is 0.126 e. The molecule has 4 bridgehead atoms. The Bertz CT molecular complexity index is 670. The summed E-state index contributed by atoms with van der Waals surface area (Å²) >= 11 is 0. The highest BCUT2D eigenvalue weighted by Gasteiger charge is 2.92. The van der Waals surface area contributed by atoms with Gasteiger partial charge in [-0.15, -0.1) is 0 Å². The zero-order valence-corrected chi connectivity index (χ0v) is 16.5. The lowest BCUT2D eigenvalue weighted by molar-refractivity contribution is -0.0569. The summed E-state index contributed by atoms with van der Waals surface area (Å²) in [6, 6.07) is 0. The van der Waals surface area contributed by atoms with Gasteiger partial charge in [-0.2, -0.15) is 0 Å². The molecule has 2 heterocycles. The van der Waals surface area contributed by atoms with Crippen molar-refractivity contribution in [3.8, 4) is 0 Å². The van der Waals surface area contributed by atoms with Crippen LogP contribution in [0.25, 0.3) is 0 Å². The lowest BCUT2D eigenvalue weighted by Gasteiger charge is -2.46. The first-order valence-corrected chi connectivity index (χ1v) is 11.1. The molecule has 3 nitrogen and oxygen atoms in total. The van der Waals surface area contributed by atoms with Crippen molar-refractivity contribution < 1.29 is 4.74 Å². The topological polar surface area (TPSA) is 33.3 Å². The van der Waals surface area contributed by atoms with Crippen molar-refractivity contribution in [2.24, 2.45) is 47.3 Å². The summed E-state index contributed by atoms with van der Waals surface area (Å²) in [7, 11) is 0. The summed E-state index contributed by atoms with van der Waals surface area (Å²) in [6.45, 7) is 9.70. The average Bonchev–Trinajstić information content (AvgIpc) is 3.23. The van der Waals surface area contributed by atoms with Gasteiger partial charge in [0.25, 0.3) is 0 Å². The predicted molar refractivity (Wildman–Crippen MR) is 103 cm³/mol. The zero-order chi connectivity index (χ0) is 17.6. The van der Waals surface area contributed by atoms with Crippen molar-refractivity contribution in [3.63, 3.8) is 0 Å². The van der Waals surface area contributed by atoms with Gasteiger partial charge in [0, 0.05) is 31.5 Å². The van der Waals surface area contributed by atoms with E-state index in [0.29, 0.717) is 6.10 Å². The van der Waals surface area contributed by atoms with Gasteiger partial charge < -0.3 is 10.1 Å². The van der Waals surface area contributed by atoms with Gasteiger partial charge in [-0.05, 0) is 75.5 Å². The molecule has 7 fully saturated rings. The molecule has 0 amide bonds. The van der Waals surface area contributed by atoms with Gasteiger partial charge in [-0.3, -0.25) is 5.32 Å². The monoisotopic (exact) mass is 354 g/mol. The van der Waals surface area contributed by atoms with E-state index in [9.17, 15) is 0 Å². The predicted octanol–water partition coefficient (Wildman–Crippen LogP) is 3.34. The first-order chi connectivity index (χ1) is 12.6. The maximum Gasteiger partial charge on any atom is 0.126 e. The number of ether oxygens (including phenoxy) is 1. The molecular weight excluding hydrogens is 320 g/mol. The number of hydrogen-bond acceptors (Lipinski definition) is 3. The second kappa shape index (κ2) is 5.46. The standard InChI is InChI=1S/C23H34N2O/c1-12(2)5-4-6-13(3)7-8-24-9-10-25-23-20-15-11-14-16-17(15)21(23)19(16)22(26-23)18(14)20/h5,7,14-22,24-25H,4,6,8-11H2,1-3H3/b13-7+/t14-,15+,16+,17+,18+,19-,20-,21+,22+,23-/m1/s1. The number of rotatable bonds is 9. The lowest BCUT2D eigenvalue weighted by atomic mass is 9.59. The molecule has 3 heteroatoms. The molecule has 0 spiro atoms. The van der Waals surface area contributed by atoms with Crippen LogP contribution < -0.4 is 10.6 Å².